The zero-order chi connectivity index (χ0) is 59.0. The number of hydrogen-bond donors (Lipinski definition) is 0. The van der Waals surface area contributed by atoms with E-state index in [2.05, 4.69) is 308 Å². The second kappa shape index (κ2) is 20.1. The first-order valence-electron chi connectivity index (χ1n) is 30.8. The number of benzene rings is 12. The van der Waals surface area contributed by atoms with Crippen molar-refractivity contribution in [2.45, 2.75) is 67.2 Å². The number of nitrogens with zero attached hydrogens (tertiary/aromatic N) is 2. The Morgan fingerprint density at radius 3 is 1.10 bits per heavy atom. The zero-order valence-electron chi connectivity index (χ0n) is 50.5. The molecule has 4 nitrogen and oxygen atoms in total. The molecule has 2 aliphatic heterocycles. The third-order valence-electron chi connectivity index (χ3n) is 19.1. The van der Waals surface area contributed by atoms with Gasteiger partial charge >= 0.3 is 0 Å². The van der Waals surface area contributed by atoms with Crippen LogP contribution >= 0.6 is 0 Å². The molecule has 0 atom stereocenters. The lowest BCUT2D eigenvalue weighted by Gasteiger charge is -2.32. The zero-order valence-corrected chi connectivity index (χ0v) is 51.5. The van der Waals surface area contributed by atoms with Crippen LogP contribution in [0.2, 0.25) is 0 Å². The van der Waals surface area contributed by atoms with E-state index in [4.69, 9.17) is 8.83 Å². The van der Waals surface area contributed by atoms with Gasteiger partial charge in [0.1, 0.15) is 22.3 Å². The molecule has 1 spiro atoms. The van der Waals surface area contributed by atoms with Gasteiger partial charge in [0.25, 0.3) is 0 Å². The molecule has 0 unspecified atom stereocenters. The second-order valence-electron chi connectivity index (χ2n) is 25.0. The van der Waals surface area contributed by atoms with Crippen molar-refractivity contribution in [3.8, 4) is 44.5 Å². The molecule has 420 valence electrons. The van der Waals surface area contributed by atoms with Gasteiger partial charge in [-0.3, -0.25) is 0 Å². The van der Waals surface area contributed by atoms with E-state index >= 15 is 0 Å². The summed E-state index contributed by atoms with van der Waals surface area (Å²) >= 11 is 0. The van der Waals surface area contributed by atoms with Crippen LogP contribution in [0.25, 0.3) is 88.4 Å². The number of para-hydroxylation sites is 2. The van der Waals surface area contributed by atoms with Crippen molar-refractivity contribution in [3.63, 3.8) is 0 Å². The van der Waals surface area contributed by atoms with Gasteiger partial charge in [-0.1, -0.05) is 209 Å². The molecule has 0 radical (unpaired) electrons. The molecular formula is C82H66N2O2Si. The van der Waals surface area contributed by atoms with E-state index in [1.54, 1.807) is 0 Å². The minimum atomic E-state index is -3.42. The van der Waals surface area contributed by atoms with E-state index in [9.17, 15) is 0 Å². The summed E-state index contributed by atoms with van der Waals surface area (Å²) in [6.45, 7) is 17.9. The first kappa shape index (κ1) is 52.6. The maximum atomic E-state index is 7.65. The number of furan rings is 2. The van der Waals surface area contributed by atoms with Gasteiger partial charge in [-0.2, -0.15) is 0 Å². The lowest BCUT2D eigenvalue weighted by atomic mass is 9.95. The summed E-state index contributed by atoms with van der Waals surface area (Å²) in [6, 6.07) is 91.7. The smallest absolute Gasteiger partial charge is 0.182 e. The topological polar surface area (TPSA) is 32.8 Å². The Morgan fingerprint density at radius 2 is 0.701 bits per heavy atom. The highest BCUT2D eigenvalue weighted by atomic mass is 28.3. The van der Waals surface area contributed by atoms with Crippen LogP contribution in [0.1, 0.15) is 72.9 Å². The minimum Gasteiger partial charge on any atom is -0.455 e. The summed E-state index contributed by atoms with van der Waals surface area (Å²) < 4.78 is 15.3. The Kier molecular flexibility index (Phi) is 12.1. The van der Waals surface area contributed by atoms with Gasteiger partial charge in [0.2, 0.25) is 0 Å². The summed E-state index contributed by atoms with van der Waals surface area (Å²) in [7, 11) is -3.42. The number of fused-ring (bicyclic) bond motifs is 18. The Bertz CT molecular complexity index is 4760. The quantitative estimate of drug-likeness (QED) is 0.128. The fourth-order valence-electron chi connectivity index (χ4n) is 14.6. The first-order chi connectivity index (χ1) is 42.4. The lowest BCUT2D eigenvalue weighted by Crippen LogP contribution is -2.70. The number of anilines is 6. The van der Waals surface area contributed by atoms with Gasteiger partial charge < -0.3 is 18.6 Å². The van der Waals surface area contributed by atoms with Crippen molar-refractivity contribution >= 4 is 107 Å². The van der Waals surface area contributed by atoms with Crippen molar-refractivity contribution in [1.82, 2.24) is 0 Å². The average Bonchev–Trinajstić information content (AvgIpc) is 1.49. The molecule has 0 aliphatic carbocycles. The van der Waals surface area contributed by atoms with E-state index in [-0.39, 0.29) is 0 Å². The van der Waals surface area contributed by atoms with Gasteiger partial charge in [-0.25, -0.2) is 0 Å². The SMILES string of the molecule is Cc1ccc(-c2cc(N(c3ccc(C(C)C)cc3)c3cc4c(c5oc6ccccc6c35)-c3c(cc(N(c5ccc(C(C)C)cc5)c5ccc(C)c(-c6ccc(C)cc6)c5)c5c3oc3ccccc35)[Si]43c4ccccc4-c4ccccc43)ccc2C)cc1. The summed E-state index contributed by atoms with van der Waals surface area (Å²) in [5, 5.41) is 9.56. The highest BCUT2D eigenvalue weighted by Crippen LogP contribution is 2.54. The van der Waals surface area contributed by atoms with Crippen molar-refractivity contribution in [3.05, 3.63) is 276 Å². The van der Waals surface area contributed by atoms with E-state index in [0.29, 0.717) is 11.8 Å². The molecule has 16 rings (SSSR count). The molecule has 0 saturated carbocycles. The first-order valence-corrected chi connectivity index (χ1v) is 32.8. The lowest BCUT2D eigenvalue weighted by molar-refractivity contribution is 0.665. The third-order valence-corrected chi connectivity index (χ3v) is 24.0. The van der Waals surface area contributed by atoms with Crippen molar-refractivity contribution < 1.29 is 8.83 Å². The normalized spacial score (nSPS) is 12.9. The summed E-state index contributed by atoms with van der Waals surface area (Å²) in [5.74, 6) is 0.737. The second-order valence-corrected chi connectivity index (χ2v) is 28.6. The van der Waals surface area contributed by atoms with Gasteiger partial charge in [0.15, 0.2) is 8.07 Å². The van der Waals surface area contributed by atoms with Crippen molar-refractivity contribution in [2.24, 2.45) is 0 Å². The van der Waals surface area contributed by atoms with Crippen molar-refractivity contribution in [1.29, 1.82) is 0 Å². The molecule has 12 aromatic carbocycles. The maximum absolute atomic E-state index is 7.65. The standard InChI is InChI=1S/C82H66N2O2Si/c1-49(2)55-35-41-59(42-36-55)83(61-39-29-53(7)67(45-61)57-31-25-51(5)26-32-57)69-47-75-79(81-77(69)65-19-9-13-21-71(65)85-81)80-76(87(75)73-23-15-11-17-63(73)64-18-12-16-24-74(64)87)48-70(78-66-20-10-14-22-72(66)86-82(78)80)84(60-43-37-56(38-44-60)50(3)4)62-40-30-54(8)68(46-62)58-33-27-52(6)28-34-58/h9-50H,1-8H3. The Balaban J connectivity index is 1.07. The van der Waals surface area contributed by atoms with Crippen LogP contribution < -0.4 is 30.5 Å². The molecule has 5 heteroatoms. The fourth-order valence-corrected chi connectivity index (χ4v) is 20.2. The molecular weight excluding hydrogens is 1070 g/mol. The predicted molar refractivity (Wildman–Crippen MR) is 370 cm³/mol. The van der Waals surface area contributed by atoms with Crippen LogP contribution in [-0.2, 0) is 0 Å². The minimum absolute atomic E-state index is 0.368. The fraction of sp³-hybridized carbons (Fsp3) is 0.122. The average molecular weight is 1140 g/mol. The van der Waals surface area contributed by atoms with Crippen LogP contribution in [-0.4, -0.2) is 8.07 Å². The van der Waals surface area contributed by atoms with Crippen LogP contribution in [0.15, 0.2) is 251 Å². The highest BCUT2D eigenvalue weighted by Gasteiger charge is 2.57. The van der Waals surface area contributed by atoms with Crippen LogP contribution in [0.3, 0.4) is 0 Å². The van der Waals surface area contributed by atoms with Crippen molar-refractivity contribution in [2.75, 3.05) is 9.80 Å². The van der Waals surface area contributed by atoms with Crippen LogP contribution in [0, 0.1) is 27.7 Å². The number of hydrogen-bond acceptors (Lipinski definition) is 4. The van der Waals surface area contributed by atoms with Crippen LogP contribution in [0.4, 0.5) is 34.1 Å². The Hall–Kier alpha value is -9.94. The van der Waals surface area contributed by atoms with Gasteiger partial charge in [0.05, 0.1) is 22.1 Å². The van der Waals surface area contributed by atoms with E-state index < -0.39 is 8.07 Å². The maximum Gasteiger partial charge on any atom is 0.182 e. The Labute approximate surface area is 510 Å². The van der Waals surface area contributed by atoms with E-state index in [1.807, 2.05) is 0 Å². The monoisotopic (exact) mass is 1140 g/mol. The van der Waals surface area contributed by atoms with Gasteiger partial charge in [0, 0.05) is 44.6 Å². The molecule has 0 amide bonds. The molecule has 0 fully saturated rings. The molecule has 0 N–H and O–H groups in total. The molecule has 0 saturated heterocycles. The summed E-state index contributed by atoms with van der Waals surface area (Å²) in [5.41, 5.74) is 26.9. The molecule has 2 aliphatic rings. The van der Waals surface area contributed by atoms with E-state index in [1.165, 1.54) is 87.5 Å². The number of aryl methyl sites for hydroxylation is 4. The summed E-state index contributed by atoms with van der Waals surface area (Å²) in [4.78, 5) is 5.05. The van der Waals surface area contributed by atoms with Gasteiger partial charge in [-0.05, 0) is 189 Å². The molecule has 87 heavy (non-hydrogen) atoms. The molecule has 4 heterocycles. The largest absolute Gasteiger partial charge is 0.455 e. The molecule has 0 bridgehead atoms. The van der Waals surface area contributed by atoms with Crippen LogP contribution in [0.5, 0.6) is 0 Å². The predicted octanol–water partition coefficient (Wildman–Crippen LogP) is 20.6. The Morgan fingerprint density at radius 1 is 0.333 bits per heavy atom. The summed E-state index contributed by atoms with van der Waals surface area (Å²) in [6.07, 6.45) is 0. The van der Waals surface area contributed by atoms with Gasteiger partial charge in [-0.15, -0.1) is 0 Å². The van der Waals surface area contributed by atoms with E-state index in [0.717, 1.165) is 89.1 Å². The highest BCUT2D eigenvalue weighted by molar-refractivity contribution is 7.24. The molecule has 2 aromatic heterocycles. The third kappa shape index (κ3) is 8.02. The number of rotatable bonds is 10. The molecule has 14 aromatic rings.